The predicted molar refractivity (Wildman–Crippen MR) is 95.2 cm³/mol. The third-order valence-electron chi connectivity index (χ3n) is 3.51. The molecule has 132 valence electrons. The summed E-state index contributed by atoms with van der Waals surface area (Å²) in [5.74, 6) is -1.46. The molecule has 0 N–H and O–H groups in total. The van der Waals surface area contributed by atoms with Crippen molar-refractivity contribution in [1.82, 2.24) is 0 Å². The summed E-state index contributed by atoms with van der Waals surface area (Å²) >= 11 is 11.5. The maximum atomic E-state index is 13.2. The highest BCUT2D eigenvalue weighted by Gasteiger charge is 2.16. The monoisotopic (exact) mass is 392 g/mol. The Morgan fingerprint density at radius 3 is 2.42 bits per heavy atom. The zero-order chi connectivity index (χ0) is 18.7. The van der Waals surface area contributed by atoms with Gasteiger partial charge >= 0.3 is 5.97 Å². The van der Waals surface area contributed by atoms with Crippen molar-refractivity contribution in [3.8, 4) is 11.3 Å². The molecule has 0 saturated heterocycles. The first-order valence-corrected chi connectivity index (χ1v) is 8.21. The molecule has 2 aromatic carbocycles. The van der Waals surface area contributed by atoms with E-state index < -0.39 is 18.4 Å². The number of esters is 1. The average Bonchev–Trinajstić information content (AvgIpc) is 3.12. The van der Waals surface area contributed by atoms with E-state index in [1.165, 1.54) is 30.3 Å². The predicted octanol–water partition coefficient (Wildman–Crippen LogP) is 5.43. The molecule has 0 saturated carbocycles. The third kappa shape index (κ3) is 4.12. The molecule has 3 aromatic rings. The van der Waals surface area contributed by atoms with Gasteiger partial charge in [0.25, 0.3) is 0 Å². The molecule has 0 unspecified atom stereocenters. The number of furan rings is 1. The fraction of sp³-hybridized carbons (Fsp3) is 0.0526. The summed E-state index contributed by atoms with van der Waals surface area (Å²) < 4.78 is 23.6. The van der Waals surface area contributed by atoms with Crippen LogP contribution in [-0.4, -0.2) is 18.4 Å². The molecule has 0 spiro atoms. The van der Waals surface area contributed by atoms with Gasteiger partial charge in [-0.2, -0.15) is 0 Å². The Morgan fingerprint density at radius 1 is 1.00 bits per heavy atom. The third-order valence-corrected chi connectivity index (χ3v) is 4.05. The SMILES string of the molecule is O=C(COC(=O)c1ccc(-c2ccc(F)c(Cl)c2)o1)c1ccc(Cl)cc1. The molecule has 3 rings (SSSR count). The second kappa shape index (κ2) is 7.72. The maximum absolute atomic E-state index is 13.2. The summed E-state index contributed by atoms with van der Waals surface area (Å²) in [5, 5.41) is 0.444. The lowest BCUT2D eigenvalue weighted by Gasteiger charge is -2.03. The van der Waals surface area contributed by atoms with Crippen LogP contribution in [0, 0.1) is 5.82 Å². The molecular weight excluding hydrogens is 382 g/mol. The van der Waals surface area contributed by atoms with Gasteiger partial charge in [-0.25, -0.2) is 9.18 Å². The average molecular weight is 393 g/mol. The van der Waals surface area contributed by atoms with E-state index in [1.807, 2.05) is 0 Å². The molecule has 0 aliphatic carbocycles. The summed E-state index contributed by atoms with van der Waals surface area (Å²) in [7, 11) is 0. The first-order chi connectivity index (χ1) is 12.4. The van der Waals surface area contributed by atoms with Gasteiger partial charge in [-0.1, -0.05) is 23.2 Å². The highest BCUT2D eigenvalue weighted by molar-refractivity contribution is 6.31. The van der Waals surface area contributed by atoms with E-state index in [0.717, 1.165) is 0 Å². The van der Waals surface area contributed by atoms with E-state index >= 15 is 0 Å². The van der Waals surface area contributed by atoms with Crippen LogP contribution in [0.2, 0.25) is 10.0 Å². The highest BCUT2D eigenvalue weighted by Crippen LogP contribution is 2.26. The van der Waals surface area contributed by atoms with Gasteiger partial charge in [0.2, 0.25) is 5.76 Å². The minimum absolute atomic E-state index is 0.0587. The normalized spacial score (nSPS) is 10.6. The van der Waals surface area contributed by atoms with E-state index in [0.29, 0.717) is 21.9 Å². The number of benzene rings is 2. The van der Waals surface area contributed by atoms with E-state index in [9.17, 15) is 14.0 Å². The van der Waals surface area contributed by atoms with Crippen molar-refractivity contribution in [3.05, 3.63) is 81.8 Å². The number of hydrogen-bond acceptors (Lipinski definition) is 4. The summed E-state index contributed by atoms with van der Waals surface area (Å²) in [5.41, 5.74) is 0.885. The molecule has 0 amide bonds. The largest absolute Gasteiger partial charge is 0.451 e. The lowest BCUT2D eigenvalue weighted by molar-refractivity contribution is 0.0445. The van der Waals surface area contributed by atoms with Crippen LogP contribution in [0.1, 0.15) is 20.9 Å². The zero-order valence-electron chi connectivity index (χ0n) is 13.2. The highest BCUT2D eigenvalue weighted by atomic mass is 35.5. The van der Waals surface area contributed by atoms with Gasteiger partial charge in [-0.05, 0) is 54.6 Å². The minimum atomic E-state index is -0.785. The van der Waals surface area contributed by atoms with E-state index in [2.05, 4.69) is 0 Å². The number of halogens is 3. The Bertz CT molecular complexity index is 964. The standard InChI is InChI=1S/C19H11Cl2FO4/c20-13-4-1-11(2-5-13)16(23)10-25-19(24)18-8-7-17(26-18)12-3-6-15(22)14(21)9-12/h1-9H,10H2. The summed E-state index contributed by atoms with van der Waals surface area (Å²) in [6, 6.07) is 13.2. The molecule has 1 heterocycles. The van der Waals surface area contributed by atoms with Crippen LogP contribution >= 0.6 is 23.2 Å². The number of rotatable bonds is 5. The van der Waals surface area contributed by atoms with Gasteiger partial charge in [0.05, 0.1) is 5.02 Å². The van der Waals surface area contributed by atoms with Crippen molar-refractivity contribution >= 4 is 35.0 Å². The van der Waals surface area contributed by atoms with Crippen molar-refractivity contribution in [1.29, 1.82) is 0 Å². The van der Waals surface area contributed by atoms with Crippen molar-refractivity contribution < 1.29 is 23.1 Å². The van der Waals surface area contributed by atoms with Crippen molar-refractivity contribution in [2.24, 2.45) is 0 Å². The second-order valence-electron chi connectivity index (χ2n) is 5.30. The fourth-order valence-electron chi connectivity index (χ4n) is 2.17. The molecule has 0 fully saturated rings. The summed E-state index contributed by atoms with van der Waals surface area (Å²) in [6.45, 7) is -0.432. The van der Waals surface area contributed by atoms with E-state index in [4.69, 9.17) is 32.4 Å². The van der Waals surface area contributed by atoms with Gasteiger partial charge in [0, 0.05) is 16.1 Å². The van der Waals surface area contributed by atoms with Crippen LogP contribution in [0.5, 0.6) is 0 Å². The van der Waals surface area contributed by atoms with Crippen LogP contribution in [0.15, 0.2) is 59.0 Å². The molecule has 0 bridgehead atoms. The molecule has 0 aliphatic rings. The topological polar surface area (TPSA) is 56.5 Å². The quantitative estimate of drug-likeness (QED) is 0.428. The second-order valence-corrected chi connectivity index (χ2v) is 6.14. The molecule has 26 heavy (non-hydrogen) atoms. The number of ether oxygens (including phenoxy) is 1. The van der Waals surface area contributed by atoms with Gasteiger partial charge in [0.1, 0.15) is 11.6 Å². The number of hydrogen-bond donors (Lipinski definition) is 0. The summed E-state index contributed by atoms with van der Waals surface area (Å²) in [4.78, 5) is 24.0. The Kier molecular flexibility index (Phi) is 5.40. The maximum Gasteiger partial charge on any atom is 0.374 e. The van der Waals surface area contributed by atoms with Gasteiger partial charge in [-0.3, -0.25) is 4.79 Å². The molecule has 4 nitrogen and oxygen atoms in total. The summed E-state index contributed by atoms with van der Waals surface area (Å²) in [6.07, 6.45) is 0. The number of carbonyl (C=O) groups excluding carboxylic acids is 2. The molecule has 1 aromatic heterocycles. The first kappa shape index (κ1) is 18.2. The van der Waals surface area contributed by atoms with Crippen LogP contribution in [0.25, 0.3) is 11.3 Å². The van der Waals surface area contributed by atoms with Crippen LogP contribution < -0.4 is 0 Å². The Labute approximate surface area is 158 Å². The zero-order valence-corrected chi connectivity index (χ0v) is 14.7. The van der Waals surface area contributed by atoms with Crippen LogP contribution in [0.3, 0.4) is 0 Å². The van der Waals surface area contributed by atoms with Gasteiger partial charge < -0.3 is 9.15 Å². The van der Waals surface area contributed by atoms with Crippen molar-refractivity contribution in [2.45, 2.75) is 0 Å². The van der Waals surface area contributed by atoms with Crippen LogP contribution in [0.4, 0.5) is 4.39 Å². The Morgan fingerprint density at radius 2 is 1.73 bits per heavy atom. The smallest absolute Gasteiger partial charge is 0.374 e. The van der Waals surface area contributed by atoms with Crippen LogP contribution in [-0.2, 0) is 4.74 Å². The van der Waals surface area contributed by atoms with Crippen molar-refractivity contribution in [2.75, 3.05) is 6.61 Å². The lowest BCUT2D eigenvalue weighted by Crippen LogP contribution is -2.13. The molecule has 0 radical (unpaired) electrons. The lowest BCUT2D eigenvalue weighted by atomic mass is 10.1. The van der Waals surface area contributed by atoms with Crippen molar-refractivity contribution in [3.63, 3.8) is 0 Å². The Hall–Kier alpha value is -2.63. The first-order valence-electron chi connectivity index (χ1n) is 7.45. The number of Topliss-reactive ketones (excluding diaryl/α,β-unsaturated/α-hetero) is 1. The van der Waals surface area contributed by atoms with E-state index in [1.54, 1.807) is 24.3 Å². The molecule has 7 heteroatoms. The fourth-order valence-corrected chi connectivity index (χ4v) is 2.48. The van der Waals surface area contributed by atoms with Gasteiger partial charge in [-0.15, -0.1) is 0 Å². The molecular formula is C19H11Cl2FO4. The molecule has 0 atom stereocenters. The Balaban J connectivity index is 1.65. The minimum Gasteiger partial charge on any atom is -0.451 e. The number of ketones is 1. The van der Waals surface area contributed by atoms with E-state index in [-0.39, 0.29) is 16.6 Å². The van der Waals surface area contributed by atoms with Gasteiger partial charge in [0.15, 0.2) is 12.4 Å². The molecule has 0 aliphatic heterocycles. The number of carbonyl (C=O) groups is 2.